The molecule has 1 aromatic heterocycles. The highest BCUT2D eigenvalue weighted by atomic mass is 35.5. The molecule has 0 saturated carbocycles. The number of nitrogens with zero attached hydrogens (tertiary/aromatic N) is 1. The zero-order valence-electron chi connectivity index (χ0n) is 7.74. The van der Waals surface area contributed by atoms with Crippen LogP contribution in [0, 0.1) is 0 Å². The van der Waals surface area contributed by atoms with Crippen LogP contribution in [0.1, 0.15) is 17.3 Å². The van der Waals surface area contributed by atoms with Gasteiger partial charge in [-0.2, -0.15) is 5.10 Å². The highest BCUT2D eigenvalue weighted by molar-refractivity contribution is 6.42. The van der Waals surface area contributed by atoms with Gasteiger partial charge in [-0.25, -0.2) is 0 Å². The highest BCUT2D eigenvalue weighted by Gasteiger charge is 2.11. The standard InChI is InChI=1S/C10H9Cl2N3/c11-7-2-1-6(5-8(7)12)10(13)9-3-4-14-15-9/h1-5,10H,13H2,(H,14,15). The summed E-state index contributed by atoms with van der Waals surface area (Å²) < 4.78 is 0. The number of aromatic amines is 1. The first kappa shape index (κ1) is 10.5. The van der Waals surface area contributed by atoms with Gasteiger partial charge in [-0.3, -0.25) is 5.10 Å². The molecule has 78 valence electrons. The average Bonchev–Trinajstić information content (AvgIpc) is 2.74. The summed E-state index contributed by atoms with van der Waals surface area (Å²) in [6, 6.07) is 6.90. The first-order valence-electron chi connectivity index (χ1n) is 4.38. The van der Waals surface area contributed by atoms with Gasteiger partial charge in [0.15, 0.2) is 0 Å². The molecule has 0 saturated heterocycles. The first-order chi connectivity index (χ1) is 7.18. The quantitative estimate of drug-likeness (QED) is 0.850. The Morgan fingerprint density at radius 1 is 1.20 bits per heavy atom. The van der Waals surface area contributed by atoms with Crippen LogP contribution in [-0.2, 0) is 0 Å². The van der Waals surface area contributed by atoms with Crippen molar-refractivity contribution >= 4 is 23.2 Å². The van der Waals surface area contributed by atoms with Crippen LogP contribution in [0.15, 0.2) is 30.5 Å². The van der Waals surface area contributed by atoms with Crippen molar-refractivity contribution in [1.82, 2.24) is 10.2 Å². The van der Waals surface area contributed by atoms with Crippen LogP contribution in [-0.4, -0.2) is 10.2 Å². The minimum Gasteiger partial charge on any atom is -0.319 e. The largest absolute Gasteiger partial charge is 0.319 e. The minimum atomic E-state index is -0.262. The molecule has 0 spiro atoms. The van der Waals surface area contributed by atoms with Crippen molar-refractivity contribution in [3.8, 4) is 0 Å². The van der Waals surface area contributed by atoms with E-state index in [-0.39, 0.29) is 6.04 Å². The van der Waals surface area contributed by atoms with Crippen LogP contribution in [0.3, 0.4) is 0 Å². The molecule has 0 radical (unpaired) electrons. The molecule has 1 aromatic carbocycles. The lowest BCUT2D eigenvalue weighted by molar-refractivity contribution is 0.816. The van der Waals surface area contributed by atoms with Gasteiger partial charge in [0.25, 0.3) is 0 Å². The monoisotopic (exact) mass is 241 g/mol. The Morgan fingerprint density at radius 3 is 2.60 bits per heavy atom. The molecule has 1 heterocycles. The molecule has 5 heteroatoms. The Morgan fingerprint density at radius 2 is 2.00 bits per heavy atom. The van der Waals surface area contributed by atoms with Gasteiger partial charge < -0.3 is 5.73 Å². The fraction of sp³-hybridized carbons (Fsp3) is 0.100. The second-order valence-electron chi connectivity index (χ2n) is 3.16. The van der Waals surface area contributed by atoms with E-state index in [0.717, 1.165) is 11.3 Å². The highest BCUT2D eigenvalue weighted by Crippen LogP contribution is 2.26. The summed E-state index contributed by atoms with van der Waals surface area (Å²) in [6.45, 7) is 0. The SMILES string of the molecule is NC(c1ccc(Cl)c(Cl)c1)c1ccn[nH]1. The number of rotatable bonds is 2. The van der Waals surface area contributed by atoms with Crippen LogP contribution >= 0.6 is 23.2 Å². The fourth-order valence-corrected chi connectivity index (χ4v) is 1.63. The third-order valence-electron chi connectivity index (χ3n) is 2.16. The number of H-pyrrole nitrogens is 1. The van der Waals surface area contributed by atoms with Crippen molar-refractivity contribution in [2.24, 2.45) is 5.73 Å². The predicted molar refractivity (Wildman–Crippen MR) is 61.1 cm³/mol. The molecule has 0 fully saturated rings. The fourth-order valence-electron chi connectivity index (χ4n) is 1.33. The topological polar surface area (TPSA) is 54.7 Å². The second kappa shape index (κ2) is 4.23. The number of benzene rings is 1. The van der Waals surface area contributed by atoms with Crippen molar-refractivity contribution in [3.63, 3.8) is 0 Å². The van der Waals surface area contributed by atoms with Gasteiger partial charge in [-0.15, -0.1) is 0 Å². The van der Waals surface area contributed by atoms with Gasteiger partial charge in [0.2, 0.25) is 0 Å². The Balaban J connectivity index is 2.34. The maximum Gasteiger partial charge on any atom is 0.0721 e. The molecule has 2 rings (SSSR count). The van der Waals surface area contributed by atoms with E-state index in [4.69, 9.17) is 28.9 Å². The van der Waals surface area contributed by atoms with E-state index >= 15 is 0 Å². The molecular formula is C10H9Cl2N3. The van der Waals surface area contributed by atoms with Gasteiger partial charge in [0.1, 0.15) is 0 Å². The average molecular weight is 242 g/mol. The summed E-state index contributed by atoms with van der Waals surface area (Å²) in [6.07, 6.45) is 1.66. The molecule has 0 amide bonds. The summed E-state index contributed by atoms with van der Waals surface area (Å²) in [5, 5.41) is 7.69. The summed E-state index contributed by atoms with van der Waals surface area (Å²) in [5.41, 5.74) is 7.74. The van der Waals surface area contributed by atoms with Crippen molar-refractivity contribution < 1.29 is 0 Å². The number of hydrogen-bond donors (Lipinski definition) is 2. The third-order valence-corrected chi connectivity index (χ3v) is 2.90. The summed E-state index contributed by atoms with van der Waals surface area (Å²) >= 11 is 11.7. The van der Waals surface area contributed by atoms with Crippen LogP contribution in [0.4, 0.5) is 0 Å². The van der Waals surface area contributed by atoms with Gasteiger partial charge in [0.05, 0.1) is 21.8 Å². The predicted octanol–water partition coefficient (Wildman–Crippen LogP) is 2.76. The molecule has 3 N–H and O–H groups in total. The van der Waals surface area contributed by atoms with Crippen LogP contribution < -0.4 is 5.73 Å². The van der Waals surface area contributed by atoms with Crippen molar-refractivity contribution in [2.75, 3.05) is 0 Å². The zero-order chi connectivity index (χ0) is 10.8. The molecule has 1 unspecified atom stereocenters. The Kier molecular flexibility index (Phi) is 2.95. The summed E-state index contributed by atoms with van der Waals surface area (Å²) in [5.74, 6) is 0. The molecule has 0 aliphatic heterocycles. The summed E-state index contributed by atoms with van der Waals surface area (Å²) in [7, 11) is 0. The minimum absolute atomic E-state index is 0.262. The molecule has 3 nitrogen and oxygen atoms in total. The smallest absolute Gasteiger partial charge is 0.0721 e. The second-order valence-corrected chi connectivity index (χ2v) is 3.98. The lowest BCUT2D eigenvalue weighted by Crippen LogP contribution is -2.12. The van der Waals surface area contributed by atoms with Crippen molar-refractivity contribution in [1.29, 1.82) is 0 Å². The van der Waals surface area contributed by atoms with Crippen LogP contribution in [0.5, 0.6) is 0 Å². The summed E-state index contributed by atoms with van der Waals surface area (Å²) in [4.78, 5) is 0. The van der Waals surface area contributed by atoms with E-state index in [1.54, 1.807) is 18.3 Å². The molecule has 15 heavy (non-hydrogen) atoms. The van der Waals surface area contributed by atoms with Gasteiger partial charge >= 0.3 is 0 Å². The molecule has 2 aromatic rings. The van der Waals surface area contributed by atoms with E-state index in [0.29, 0.717) is 10.0 Å². The first-order valence-corrected chi connectivity index (χ1v) is 5.14. The van der Waals surface area contributed by atoms with E-state index in [1.165, 1.54) is 0 Å². The Bertz CT molecular complexity index is 454. The van der Waals surface area contributed by atoms with Crippen molar-refractivity contribution in [3.05, 3.63) is 51.8 Å². The van der Waals surface area contributed by atoms with Gasteiger partial charge in [-0.05, 0) is 23.8 Å². The maximum atomic E-state index is 6.01. The zero-order valence-corrected chi connectivity index (χ0v) is 9.26. The molecule has 1 atom stereocenters. The number of nitrogens with one attached hydrogen (secondary N) is 1. The van der Waals surface area contributed by atoms with Gasteiger partial charge in [-0.1, -0.05) is 29.3 Å². The molecule has 0 aliphatic rings. The third kappa shape index (κ3) is 2.15. The molecular weight excluding hydrogens is 233 g/mol. The van der Waals surface area contributed by atoms with E-state index in [9.17, 15) is 0 Å². The lowest BCUT2D eigenvalue weighted by Gasteiger charge is -2.10. The number of halogens is 2. The molecule has 0 bridgehead atoms. The van der Waals surface area contributed by atoms with Gasteiger partial charge in [0, 0.05) is 6.20 Å². The number of hydrogen-bond acceptors (Lipinski definition) is 2. The Hall–Kier alpha value is -1.03. The van der Waals surface area contributed by atoms with E-state index in [1.807, 2.05) is 12.1 Å². The van der Waals surface area contributed by atoms with Crippen LogP contribution in [0.2, 0.25) is 10.0 Å². The van der Waals surface area contributed by atoms with E-state index < -0.39 is 0 Å². The van der Waals surface area contributed by atoms with E-state index in [2.05, 4.69) is 10.2 Å². The van der Waals surface area contributed by atoms with Crippen molar-refractivity contribution in [2.45, 2.75) is 6.04 Å². The number of nitrogens with two attached hydrogens (primary N) is 1. The lowest BCUT2D eigenvalue weighted by atomic mass is 10.1. The van der Waals surface area contributed by atoms with Crippen LogP contribution in [0.25, 0.3) is 0 Å². The Labute approximate surface area is 97.2 Å². The maximum absolute atomic E-state index is 6.01. The molecule has 0 aliphatic carbocycles. The normalized spacial score (nSPS) is 12.7. The number of aromatic nitrogens is 2.